The molecular formula is C38H36F15N11O9. The van der Waals surface area contributed by atoms with E-state index in [1.807, 2.05) is 28.0 Å². The van der Waals surface area contributed by atoms with Gasteiger partial charge in [0.1, 0.15) is 23.2 Å². The molecular weight excluding hydrogens is 1040 g/mol. The zero-order chi connectivity index (χ0) is 55.5. The number of carbonyl (C=O) groups excluding carboxylic acids is 1. The van der Waals surface area contributed by atoms with Crippen LogP contribution in [0.5, 0.6) is 0 Å². The molecule has 0 radical (unpaired) electrons. The number of aromatic nitrogens is 7. The fraction of sp³-hybridized carbons (Fsp3) is 0.500. The van der Waals surface area contributed by atoms with Gasteiger partial charge >= 0.3 is 54.8 Å². The summed E-state index contributed by atoms with van der Waals surface area (Å²) in [6.45, 7) is 3.94. The number of piperidine rings is 1. The first-order valence-corrected chi connectivity index (χ1v) is 20.1. The van der Waals surface area contributed by atoms with Crippen molar-refractivity contribution in [3.05, 3.63) is 54.3 Å². The summed E-state index contributed by atoms with van der Waals surface area (Å²) in [5.41, 5.74) is 1.86. The van der Waals surface area contributed by atoms with E-state index < -0.39 is 72.0 Å². The summed E-state index contributed by atoms with van der Waals surface area (Å²) in [6.07, 6.45) is -14.4. The summed E-state index contributed by atoms with van der Waals surface area (Å²) < 4.78 is 170. The fourth-order valence-electron chi connectivity index (χ4n) is 6.84. The number of nitrogens with one attached hydrogen (secondary N) is 1. The number of hydrogen-bond acceptors (Lipinski definition) is 13. The number of likely N-dealkylation sites (tertiary alicyclic amines) is 3. The number of carboxylic acids is 4. The highest BCUT2D eigenvalue weighted by Crippen LogP contribution is 2.37. The van der Waals surface area contributed by atoms with Gasteiger partial charge in [0.2, 0.25) is 5.82 Å². The van der Waals surface area contributed by atoms with Gasteiger partial charge in [0, 0.05) is 62.1 Å². The Morgan fingerprint density at radius 3 is 1.68 bits per heavy atom. The van der Waals surface area contributed by atoms with Gasteiger partial charge in [0.15, 0.2) is 0 Å². The van der Waals surface area contributed by atoms with Gasteiger partial charge in [-0.05, 0) is 50.9 Å². The first-order valence-electron chi connectivity index (χ1n) is 20.1. The molecule has 3 fully saturated rings. The number of halogens is 15. The molecule has 4 aromatic heterocycles. The number of nitrogens with zero attached hydrogens (tertiary/aromatic N) is 10. The molecule has 7 rings (SSSR count). The summed E-state index contributed by atoms with van der Waals surface area (Å²) in [5.74, 6) is -12.8. The normalized spacial score (nSPS) is 16.4. The Labute approximate surface area is 397 Å². The molecule has 0 saturated carbocycles. The van der Waals surface area contributed by atoms with E-state index in [0.29, 0.717) is 45.4 Å². The van der Waals surface area contributed by atoms with E-state index >= 15 is 0 Å². The van der Waals surface area contributed by atoms with Gasteiger partial charge in [-0.3, -0.25) is 19.3 Å². The second-order valence-electron chi connectivity index (χ2n) is 15.4. The molecule has 402 valence electrons. The molecule has 7 heterocycles. The Bertz CT molecular complexity index is 2490. The summed E-state index contributed by atoms with van der Waals surface area (Å²) in [5, 5.41) is 43.7. The van der Waals surface area contributed by atoms with E-state index in [-0.39, 0.29) is 24.0 Å². The van der Waals surface area contributed by atoms with Crippen molar-refractivity contribution in [2.75, 3.05) is 39.3 Å². The molecule has 3 aliphatic rings. The minimum absolute atomic E-state index is 0.180. The average Bonchev–Trinajstić information content (AvgIpc) is 4.08. The fourth-order valence-corrected chi connectivity index (χ4v) is 6.84. The molecule has 20 nitrogen and oxygen atoms in total. The number of alkyl halides is 15. The monoisotopic (exact) mass is 1080 g/mol. The van der Waals surface area contributed by atoms with Crippen LogP contribution in [0.3, 0.4) is 0 Å². The molecule has 5 N–H and O–H groups in total. The second kappa shape index (κ2) is 23.9. The second-order valence-corrected chi connectivity index (χ2v) is 15.4. The van der Waals surface area contributed by atoms with Gasteiger partial charge in [-0.1, -0.05) is 0 Å². The topological polar surface area (TPSA) is 285 Å². The van der Waals surface area contributed by atoms with Crippen LogP contribution in [0.2, 0.25) is 0 Å². The number of carboxylic acid groups (broad SMARTS) is 4. The lowest BCUT2D eigenvalue weighted by Gasteiger charge is -2.53. The zero-order valence-electron chi connectivity index (χ0n) is 36.5. The van der Waals surface area contributed by atoms with E-state index in [9.17, 15) is 75.9 Å². The number of fused-ring (bicyclic) bond motifs is 1. The standard InChI is InChI=1S/C30H32F3N11O.4C2HF3O2/c31-30(32,33)28-39-21(16-41-9-1-2-10-41)13-24(40-28)27(45)42-11-4-22(5-12-42)43-17-29(18-43,6-7-34)44-15-20(14-38-44)25-23-3-8-35-26(23)37-19-36-25;4*3-2(4,5)1(6)7/h3,8,13-15,19,22H,1-2,4-6,9-12,16-18H2,(H,35,36,37);4*(H,6,7). The van der Waals surface area contributed by atoms with Gasteiger partial charge < -0.3 is 30.3 Å². The maximum Gasteiger partial charge on any atom is 0.490 e. The SMILES string of the molecule is N#CCC1(n2cc(-c3ncnc4[nH]ccc34)cn2)CN(C2CCN(C(=O)c3cc(CN4CCCC4)nc(C(F)(F)F)n3)CC2)C1.O=C(O)C(F)(F)F.O=C(O)C(F)(F)F.O=C(O)C(F)(F)F.O=C(O)C(F)(F)F. The Hall–Kier alpha value is -7.38. The third kappa shape index (κ3) is 17.4. The van der Waals surface area contributed by atoms with E-state index in [1.54, 1.807) is 11.1 Å². The number of aliphatic carboxylic acids is 4. The zero-order valence-corrected chi connectivity index (χ0v) is 36.5. The molecule has 0 atom stereocenters. The van der Waals surface area contributed by atoms with Crippen molar-refractivity contribution in [2.24, 2.45) is 0 Å². The number of rotatable bonds is 7. The minimum atomic E-state index is -5.08. The molecule has 1 amide bonds. The van der Waals surface area contributed by atoms with Crippen molar-refractivity contribution in [3.8, 4) is 17.3 Å². The van der Waals surface area contributed by atoms with Crippen molar-refractivity contribution >= 4 is 40.8 Å². The van der Waals surface area contributed by atoms with Crippen LogP contribution in [0.4, 0.5) is 65.9 Å². The van der Waals surface area contributed by atoms with Crippen molar-refractivity contribution in [2.45, 2.75) is 81.1 Å². The predicted octanol–water partition coefficient (Wildman–Crippen LogP) is 5.99. The first-order chi connectivity index (χ1) is 33.5. The molecule has 3 saturated heterocycles. The minimum Gasteiger partial charge on any atom is -0.475 e. The number of carbonyl (C=O) groups is 5. The predicted molar refractivity (Wildman–Crippen MR) is 210 cm³/mol. The number of aromatic amines is 1. The lowest BCUT2D eigenvalue weighted by Crippen LogP contribution is -2.66. The van der Waals surface area contributed by atoms with Crippen LogP contribution in [-0.4, -0.2) is 170 Å². The maximum atomic E-state index is 13.6. The molecule has 35 heteroatoms. The van der Waals surface area contributed by atoms with Crippen molar-refractivity contribution in [1.29, 1.82) is 5.26 Å². The van der Waals surface area contributed by atoms with E-state index in [4.69, 9.17) is 39.6 Å². The van der Waals surface area contributed by atoms with Gasteiger partial charge in [-0.15, -0.1) is 0 Å². The number of amides is 1. The Kier molecular flexibility index (Phi) is 19.6. The lowest BCUT2D eigenvalue weighted by molar-refractivity contribution is -0.193. The van der Waals surface area contributed by atoms with Crippen molar-refractivity contribution in [3.63, 3.8) is 0 Å². The largest absolute Gasteiger partial charge is 0.490 e. The molecule has 4 aromatic rings. The quantitative estimate of drug-likeness (QED) is 0.133. The highest BCUT2D eigenvalue weighted by atomic mass is 19.4. The van der Waals surface area contributed by atoms with Crippen LogP contribution < -0.4 is 0 Å². The number of nitriles is 1. The summed E-state index contributed by atoms with van der Waals surface area (Å²) in [7, 11) is 0. The summed E-state index contributed by atoms with van der Waals surface area (Å²) in [4.78, 5) is 74.1. The average molecular weight is 1080 g/mol. The van der Waals surface area contributed by atoms with Crippen LogP contribution in [0.1, 0.15) is 54.1 Å². The molecule has 0 spiro atoms. The first kappa shape index (κ1) is 59.9. The molecule has 73 heavy (non-hydrogen) atoms. The van der Waals surface area contributed by atoms with Gasteiger partial charge in [-0.2, -0.15) is 76.2 Å². The Morgan fingerprint density at radius 2 is 1.23 bits per heavy atom. The van der Waals surface area contributed by atoms with E-state index in [1.165, 1.54) is 12.4 Å². The van der Waals surface area contributed by atoms with Crippen LogP contribution >= 0.6 is 0 Å². The summed E-state index contributed by atoms with van der Waals surface area (Å²) in [6, 6.07) is 5.83. The summed E-state index contributed by atoms with van der Waals surface area (Å²) >= 11 is 0. The molecule has 0 unspecified atom stereocenters. The van der Waals surface area contributed by atoms with E-state index in [2.05, 4.69) is 41.0 Å². The third-order valence-corrected chi connectivity index (χ3v) is 10.2. The molecule has 3 aliphatic heterocycles. The Balaban J connectivity index is 0.000000410. The van der Waals surface area contributed by atoms with Crippen molar-refractivity contribution in [1.82, 2.24) is 49.4 Å². The van der Waals surface area contributed by atoms with E-state index in [0.717, 1.165) is 48.2 Å². The molecule has 0 aliphatic carbocycles. The highest BCUT2D eigenvalue weighted by molar-refractivity contribution is 5.92. The van der Waals surface area contributed by atoms with Gasteiger partial charge in [0.05, 0.1) is 30.1 Å². The highest BCUT2D eigenvalue weighted by Gasteiger charge is 2.49. The van der Waals surface area contributed by atoms with Gasteiger partial charge in [-0.25, -0.2) is 39.1 Å². The lowest BCUT2D eigenvalue weighted by atomic mass is 9.83. The van der Waals surface area contributed by atoms with Gasteiger partial charge in [0.25, 0.3) is 5.91 Å². The van der Waals surface area contributed by atoms with Crippen LogP contribution in [0, 0.1) is 11.3 Å². The number of H-pyrrole nitrogens is 1. The van der Waals surface area contributed by atoms with Crippen LogP contribution in [0.25, 0.3) is 22.3 Å². The number of hydrogen-bond donors (Lipinski definition) is 5. The van der Waals surface area contributed by atoms with Crippen LogP contribution in [-0.2, 0) is 37.4 Å². The molecule has 0 aromatic carbocycles. The maximum absolute atomic E-state index is 13.6. The molecule has 0 bridgehead atoms. The Morgan fingerprint density at radius 1 is 0.740 bits per heavy atom. The van der Waals surface area contributed by atoms with Crippen molar-refractivity contribution < 1.29 is 110 Å². The third-order valence-electron chi connectivity index (χ3n) is 10.2. The van der Waals surface area contributed by atoms with Crippen LogP contribution in [0.15, 0.2) is 37.1 Å². The smallest absolute Gasteiger partial charge is 0.475 e.